The van der Waals surface area contributed by atoms with Gasteiger partial charge in [0.25, 0.3) is 0 Å². The molecule has 2 N–H and O–H groups in total. The highest BCUT2D eigenvalue weighted by atomic mass is 16.4. The summed E-state index contributed by atoms with van der Waals surface area (Å²) in [5, 5.41) is 11.4. The second-order valence-corrected chi connectivity index (χ2v) is 4.74. The zero-order valence-corrected chi connectivity index (χ0v) is 10.3. The lowest BCUT2D eigenvalue weighted by molar-refractivity contribution is -0.143. The van der Waals surface area contributed by atoms with E-state index in [2.05, 4.69) is 5.32 Å². The molecule has 2 amide bonds. The van der Waals surface area contributed by atoms with Crippen molar-refractivity contribution < 1.29 is 19.5 Å². The highest BCUT2D eigenvalue weighted by Gasteiger charge is 2.34. The maximum atomic E-state index is 11.8. The molecular formula is C11H18N2O4. The Hall–Kier alpha value is -1.59. The van der Waals surface area contributed by atoms with Crippen LogP contribution in [-0.2, 0) is 14.4 Å². The molecule has 2 atom stereocenters. The molecule has 0 aromatic carbocycles. The van der Waals surface area contributed by atoms with Crippen molar-refractivity contribution in [2.45, 2.75) is 26.3 Å². The van der Waals surface area contributed by atoms with E-state index >= 15 is 0 Å². The lowest BCUT2D eigenvalue weighted by Gasteiger charge is -2.19. The van der Waals surface area contributed by atoms with Gasteiger partial charge in [0, 0.05) is 20.0 Å². The van der Waals surface area contributed by atoms with Crippen LogP contribution in [0.15, 0.2) is 0 Å². The smallest absolute Gasteiger partial charge is 0.326 e. The maximum absolute atomic E-state index is 11.8. The second-order valence-electron chi connectivity index (χ2n) is 4.74. The van der Waals surface area contributed by atoms with Crippen LogP contribution in [0, 0.1) is 11.8 Å². The summed E-state index contributed by atoms with van der Waals surface area (Å²) in [6.07, 6.45) is 0.159. The fraction of sp³-hybridized carbons (Fsp3) is 0.727. The number of hydrogen-bond acceptors (Lipinski definition) is 3. The van der Waals surface area contributed by atoms with Crippen molar-refractivity contribution in [3.05, 3.63) is 0 Å². The van der Waals surface area contributed by atoms with Gasteiger partial charge in [0.2, 0.25) is 11.8 Å². The Morgan fingerprint density at radius 1 is 1.47 bits per heavy atom. The number of carbonyl (C=O) groups excluding carboxylic acids is 2. The molecule has 1 unspecified atom stereocenters. The number of hydrogen-bond donors (Lipinski definition) is 2. The van der Waals surface area contributed by atoms with Crippen LogP contribution in [0.1, 0.15) is 20.3 Å². The van der Waals surface area contributed by atoms with Gasteiger partial charge in [0.15, 0.2) is 0 Å². The number of carboxylic acids is 1. The zero-order chi connectivity index (χ0) is 13.2. The number of amides is 2. The number of nitrogens with zero attached hydrogens (tertiary/aromatic N) is 1. The number of carboxylic acid groups (broad SMARTS) is 1. The van der Waals surface area contributed by atoms with E-state index in [-0.39, 0.29) is 24.2 Å². The molecule has 1 fully saturated rings. The van der Waals surface area contributed by atoms with Gasteiger partial charge >= 0.3 is 5.97 Å². The Morgan fingerprint density at radius 2 is 2.06 bits per heavy atom. The molecular weight excluding hydrogens is 224 g/mol. The maximum Gasteiger partial charge on any atom is 0.326 e. The first-order chi connectivity index (χ1) is 7.82. The van der Waals surface area contributed by atoms with Crippen molar-refractivity contribution in [1.29, 1.82) is 0 Å². The number of rotatable bonds is 4. The van der Waals surface area contributed by atoms with Gasteiger partial charge in [-0.05, 0) is 5.92 Å². The second kappa shape index (κ2) is 5.16. The minimum absolute atomic E-state index is 0.0819. The third-order valence-electron chi connectivity index (χ3n) is 2.94. The standard InChI is InChI=1S/C11H18N2O4/c1-6(2)9(11(16)17)12-10(15)7-4-8(14)13(3)5-7/h6-7,9H,4-5H2,1-3H3,(H,12,15)(H,16,17)/t7?,9-/m1/s1. The van der Waals surface area contributed by atoms with Crippen LogP contribution in [0.5, 0.6) is 0 Å². The molecule has 96 valence electrons. The van der Waals surface area contributed by atoms with Crippen molar-refractivity contribution in [3.8, 4) is 0 Å². The number of likely N-dealkylation sites (tertiary alicyclic amines) is 1. The van der Waals surface area contributed by atoms with Crippen LogP contribution in [0.3, 0.4) is 0 Å². The fourth-order valence-electron chi connectivity index (χ4n) is 1.82. The monoisotopic (exact) mass is 242 g/mol. The number of nitrogens with one attached hydrogen (secondary N) is 1. The first-order valence-corrected chi connectivity index (χ1v) is 5.60. The van der Waals surface area contributed by atoms with Crippen molar-refractivity contribution >= 4 is 17.8 Å². The summed E-state index contributed by atoms with van der Waals surface area (Å²) in [5.74, 6) is -2.12. The van der Waals surface area contributed by atoms with E-state index in [1.807, 2.05) is 0 Å². The van der Waals surface area contributed by atoms with Crippen LogP contribution >= 0.6 is 0 Å². The summed E-state index contributed by atoms with van der Waals surface area (Å²) >= 11 is 0. The average Bonchev–Trinajstić information content (AvgIpc) is 2.54. The van der Waals surface area contributed by atoms with Crippen LogP contribution in [0.2, 0.25) is 0 Å². The summed E-state index contributed by atoms with van der Waals surface area (Å²) in [5.41, 5.74) is 0. The molecule has 1 aliphatic heterocycles. The summed E-state index contributed by atoms with van der Waals surface area (Å²) in [7, 11) is 1.63. The lowest BCUT2D eigenvalue weighted by atomic mass is 10.0. The SMILES string of the molecule is CC(C)[C@@H](NC(=O)C1CC(=O)N(C)C1)C(=O)O. The van der Waals surface area contributed by atoms with Gasteiger partial charge in [0.05, 0.1) is 5.92 Å². The quantitative estimate of drug-likeness (QED) is 0.708. The van der Waals surface area contributed by atoms with Crippen LogP contribution < -0.4 is 5.32 Å². The molecule has 0 aromatic rings. The molecule has 6 heteroatoms. The Kier molecular flexibility index (Phi) is 4.09. The average molecular weight is 242 g/mol. The van der Waals surface area contributed by atoms with Gasteiger partial charge in [0.1, 0.15) is 6.04 Å². The Balaban J connectivity index is 2.60. The third kappa shape index (κ3) is 3.18. The number of aliphatic carboxylic acids is 1. The molecule has 0 bridgehead atoms. The van der Waals surface area contributed by atoms with E-state index in [9.17, 15) is 14.4 Å². The molecule has 1 heterocycles. The largest absolute Gasteiger partial charge is 0.480 e. The van der Waals surface area contributed by atoms with E-state index < -0.39 is 17.9 Å². The molecule has 6 nitrogen and oxygen atoms in total. The molecule has 0 spiro atoms. The van der Waals surface area contributed by atoms with Crippen LogP contribution in [-0.4, -0.2) is 47.4 Å². The Bertz CT molecular complexity index is 340. The van der Waals surface area contributed by atoms with Gasteiger partial charge in [-0.15, -0.1) is 0 Å². The number of carbonyl (C=O) groups is 3. The van der Waals surface area contributed by atoms with E-state index in [1.165, 1.54) is 4.90 Å². The Labute approximate surface area is 100.0 Å². The van der Waals surface area contributed by atoms with E-state index in [4.69, 9.17) is 5.11 Å². The molecule has 1 rings (SSSR count). The molecule has 17 heavy (non-hydrogen) atoms. The molecule has 0 aliphatic carbocycles. The summed E-state index contributed by atoms with van der Waals surface area (Å²) in [6, 6.07) is -0.900. The van der Waals surface area contributed by atoms with Gasteiger partial charge < -0.3 is 15.3 Å². The lowest BCUT2D eigenvalue weighted by Crippen LogP contribution is -2.47. The fourth-order valence-corrected chi connectivity index (χ4v) is 1.82. The summed E-state index contributed by atoms with van der Waals surface area (Å²) < 4.78 is 0. The minimum Gasteiger partial charge on any atom is -0.480 e. The predicted octanol–water partition coefficient (Wildman–Crippen LogP) is -0.310. The summed E-state index contributed by atoms with van der Waals surface area (Å²) in [6.45, 7) is 3.81. The highest BCUT2D eigenvalue weighted by Crippen LogP contribution is 2.16. The van der Waals surface area contributed by atoms with Crippen molar-refractivity contribution in [2.24, 2.45) is 11.8 Å². The Morgan fingerprint density at radius 3 is 2.41 bits per heavy atom. The highest BCUT2D eigenvalue weighted by molar-refractivity contribution is 5.91. The van der Waals surface area contributed by atoms with Crippen molar-refractivity contribution in [2.75, 3.05) is 13.6 Å². The molecule has 0 radical (unpaired) electrons. The first-order valence-electron chi connectivity index (χ1n) is 5.60. The zero-order valence-electron chi connectivity index (χ0n) is 10.3. The molecule has 1 aliphatic rings. The van der Waals surface area contributed by atoms with Gasteiger partial charge in [-0.3, -0.25) is 9.59 Å². The van der Waals surface area contributed by atoms with Gasteiger partial charge in [-0.25, -0.2) is 4.79 Å². The summed E-state index contributed by atoms with van der Waals surface area (Å²) in [4.78, 5) is 35.5. The molecule has 0 aromatic heterocycles. The predicted molar refractivity (Wildman–Crippen MR) is 60.1 cm³/mol. The molecule has 1 saturated heterocycles. The van der Waals surface area contributed by atoms with E-state index in [1.54, 1.807) is 20.9 Å². The first kappa shape index (κ1) is 13.5. The van der Waals surface area contributed by atoms with Crippen LogP contribution in [0.4, 0.5) is 0 Å². The topological polar surface area (TPSA) is 86.7 Å². The van der Waals surface area contributed by atoms with Crippen molar-refractivity contribution in [3.63, 3.8) is 0 Å². The third-order valence-corrected chi connectivity index (χ3v) is 2.94. The normalized spacial score (nSPS) is 21.8. The van der Waals surface area contributed by atoms with Crippen molar-refractivity contribution in [1.82, 2.24) is 10.2 Å². The van der Waals surface area contributed by atoms with Gasteiger partial charge in [-0.1, -0.05) is 13.8 Å². The minimum atomic E-state index is -1.05. The van der Waals surface area contributed by atoms with Gasteiger partial charge in [-0.2, -0.15) is 0 Å². The van der Waals surface area contributed by atoms with E-state index in [0.29, 0.717) is 6.54 Å². The van der Waals surface area contributed by atoms with E-state index in [0.717, 1.165) is 0 Å². The van der Waals surface area contributed by atoms with Crippen LogP contribution in [0.25, 0.3) is 0 Å². The molecule has 0 saturated carbocycles.